The number of hydrogen-bond acceptors (Lipinski definition) is 7. The largest absolute Gasteiger partial charge is 0.358 e. The number of nitro groups is 1. The zero-order valence-electron chi connectivity index (χ0n) is 11.9. The summed E-state index contributed by atoms with van der Waals surface area (Å²) in [4.78, 5) is 14.5. The highest BCUT2D eigenvalue weighted by molar-refractivity contribution is 7.99. The Morgan fingerprint density at radius 1 is 1.43 bits per heavy atom. The minimum absolute atomic E-state index is 0.00713. The summed E-state index contributed by atoms with van der Waals surface area (Å²) in [5.74, 6) is 2.01. The fourth-order valence-electron chi connectivity index (χ4n) is 2.00. The first kappa shape index (κ1) is 15.4. The molecule has 0 unspecified atom stereocenters. The third kappa shape index (κ3) is 3.22. The normalized spacial score (nSPS) is 11.0. The van der Waals surface area contributed by atoms with Gasteiger partial charge in [0.2, 0.25) is 0 Å². The summed E-state index contributed by atoms with van der Waals surface area (Å²) < 4.78 is 3.53. The molecule has 9 nitrogen and oxygen atoms in total. The van der Waals surface area contributed by atoms with Crippen LogP contribution in [0, 0.1) is 17.0 Å². The summed E-state index contributed by atoms with van der Waals surface area (Å²) in [5, 5.41) is 19.8. The first-order valence-corrected chi connectivity index (χ1v) is 7.48. The van der Waals surface area contributed by atoms with Crippen LogP contribution in [0.3, 0.4) is 0 Å². The Balaban J connectivity index is 2.04. The van der Waals surface area contributed by atoms with Gasteiger partial charge < -0.3 is 20.4 Å². The van der Waals surface area contributed by atoms with Crippen molar-refractivity contribution in [3.63, 3.8) is 0 Å². The summed E-state index contributed by atoms with van der Waals surface area (Å²) in [5.41, 5.74) is 5.60. The molecule has 0 saturated carbocycles. The number of hydrogen-bond donors (Lipinski definition) is 1. The molecule has 0 spiro atoms. The van der Waals surface area contributed by atoms with Gasteiger partial charge in [0.15, 0.2) is 11.0 Å². The van der Waals surface area contributed by atoms with E-state index in [4.69, 9.17) is 5.73 Å². The minimum atomic E-state index is -0.425. The van der Waals surface area contributed by atoms with Gasteiger partial charge in [0, 0.05) is 19.2 Å². The number of imidazole rings is 1. The number of aromatic nitrogens is 5. The number of aryl methyl sites for hydroxylation is 1. The van der Waals surface area contributed by atoms with Crippen LogP contribution in [0.1, 0.15) is 18.6 Å². The Labute approximate surface area is 125 Å². The summed E-state index contributed by atoms with van der Waals surface area (Å²) in [6.07, 6.45) is 1.28. The summed E-state index contributed by atoms with van der Waals surface area (Å²) in [6.45, 7) is 5.32. The molecule has 0 aliphatic carbocycles. The second-order valence-electron chi connectivity index (χ2n) is 4.27. The van der Waals surface area contributed by atoms with Crippen molar-refractivity contribution in [2.45, 2.75) is 38.6 Å². The fourth-order valence-corrected chi connectivity index (χ4v) is 2.95. The molecule has 2 N–H and O–H groups in total. The molecule has 2 rings (SSSR count). The van der Waals surface area contributed by atoms with Crippen molar-refractivity contribution in [1.29, 1.82) is 0 Å². The first-order valence-electron chi connectivity index (χ1n) is 6.50. The van der Waals surface area contributed by atoms with Gasteiger partial charge in [-0.25, -0.2) is 9.55 Å². The Hall–Kier alpha value is -1.94. The van der Waals surface area contributed by atoms with E-state index in [1.165, 1.54) is 18.0 Å². The van der Waals surface area contributed by atoms with Crippen molar-refractivity contribution in [2.24, 2.45) is 5.73 Å². The molecule has 0 atom stereocenters. The average molecular weight is 311 g/mol. The Morgan fingerprint density at radius 3 is 2.81 bits per heavy atom. The molecule has 0 radical (unpaired) electrons. The van der Waals surface area contributed by atoms with Gasteiger partial charge in [-0.3, -0.25) is 0 Å². The van der Waals surface area contributed by atoms with Gasteiger partial charge in [0.05, 0.1) is 6.54 Å². The molecule has 0 aliphatic rings. The van der Waals surface area contributed by atoms with E-state index in [-0.39, 0.29) is 5.82 Å². The standard InChI is InChI=1S/C11H17N7O2S/c1-3-16-9(6-12)14-15-11(16)21-5-4-17-8(2)13-7-10(17)18(19)20/h7H,3-6,12H2,1-2H3. The maximum Gasteiger partial charge on any atom is 0.342 e. The minimum Gasteiger partial charge on any atom is -0.358 e. The van der Waals surface area contributed by atoms with Crippen LogP contribution in [0.5, 0.6) is 0 Å². The molecule has 114 valence electrons. The lowest BCUT2D eigenvalue weighted by Gasteiger charge is -2.06. The van der Waals surface area contributed by atoms with Crippen LogP contribution < -0.4 is 5.73 Å². The highest BCUT2D eigenvalue weighted by atomic mass is 32.2. The van der Waals surface area contributed by atoms with Crippen LogP contribution in [0.2, 0.25) is 0 Å². The molecule has 2 aromatic rings. The number of rotatable bonds is 7. The Bertz CT molecular complexity index is 637. The lowest BCUT2D eigenvalue weighted by molar-refractivity contribution is -0.392. The number of thioether (sulfide) groups is 1. The van der Waals surface area contributed by atoms with Crippen molar-refractivity contribution >= 4 is 17.6 Å². The maximum absolute atomic E-state index is 10.9. The van der Waals surface area contributed by atoms with Crippen LogP contribution in [-0.4, -0.2) is 35.0 Å². The topological polar surface area (TPSA) is 118 Å². The second-order valence-corrected chi connectivity index (χ2v) is 5.33. The van der Waals surface area contributed by atoms with E-state index in [0.717, 1.165) is 17.5 Å². The quantitative estimate of drug-likeness (QED) is 0.459. The zero-order valence-corrected chi connectivity index (χ0v) is 12.7. The predicted molar refractivity (Wildman–Crippen MR) is 77.9 cm³/mol. The van der Waals surface area contributed by atoms with Gasteiger partial charge in [-0.05, 0) is 11.8 Å². The van der Waals surface area contributed by atoms with Crippen molar-refractivity contribution < 1.29 is 4.92 Å². The first-order chi connectivity index (χ1) is 10.1. The average Bonchev–Trinajstić information content (AvgIpc) is 3.02. The van der Waals surface area contributed by atoms with Gasteiger partial charge in [-0.15, -0.1) is 10.2 Å². The van der Waals surface area contributed by atoms with E-state index in [2.05, 4.69) is 15.2 Å². The SMILES string of the molecule is CCn1c(CN)nnc1SCCn1c([N+](=O)[O-])cnc1C. The molecule has 0 aliphatic heterocycles. The van der Waals surface area contributed by atoms with Crippen molar-refractivity contribution in [3.05, 3.63) is 28.0 Å². The predicted octanol–water partition coefficient (Wildman–Crippen LogP) is 0.962. The Morgan fingerprint density at radius 2 is 2.19 bits per heavy atom. The molecule has 2 aromatic heterocycles. The lowest BCUT2D eigenvalue weighted by Crippen LogP contribution is -2.09. The van der Waals surface area contributed by atoms with Crippen LogP contribution in [0.15, 0.2) is 11.4 Å². The monoisotopic (exact) mass is 311 g/mol. The molecule has 2 heterocycles. The van der Waals surface area contributed by atoms with Gasteiger partial charge in [0.25, 0.3) is 0 Å². The highest BCUT2D eigenvalue weighted by Crippen LogP contribution is 2.20. The molecule has 21 heavy (non-hydrogen) atoms. The molecular weight excluding hydrogens is 294 g/mol. The van der Waals surface area contributed by atoms with Gasteiger partial charge in [-0.2, -0.15) is 0 Å². The van der Waals surface area contributed by atoms with Crippen LogP contribution in [0.25, 0.3) is 0 Å². The molecule has 10 heteroatoms. The van der Waals surface area contributed by atoms with E-state index in [0.29, 0.717) is 24.7 Å². The van der Waals surface area contributed by atoms with Crippen molar-refractivity contribution in [2.75, 3.05) is 5.75 Å². The van der Waals surface area contributed by atoms with Gasteiger partial charge in [0.1, 0.15) is 18.6 Å². The van der Waals surface area contributed by atoms with E-state index < -0.39 is 4.92 Å². The van der Waals surface area contributed by atoms with E-state index in [1.807, 2.05) is 11.5 Å². The molecule has 0 bridgehead atoms. The van der Waals surface area contributed by atoms with Crippen LogP contribution >= 0.6 is 11.8 Å². The van der Waals surface area contributed by atoms with Crippen molar-refractivity contribution in [3.8, 4) is 0 Å². The smallest absolute Gasteiger partial charge is 0.342 e. The summed E-state index contributed by atoms with van der Waals surface area (Å²) in [7, 11) is 0. The van der Waals surface area contributed by atoms with E-state index in [1.54, 1.807) is 11.5 Å². The zero-order chi connectivity index (χ0) is 15.4. The summed E-state index contributed by atoms with van der Waals surface area (Å²) >= 11 is 1.50. The number of nitrogens with two attached hydrogens (primary N) is 1. The highest BCUT2D eigenvalue weighted by Gasteiger charge is 2.17. The molecular formula is C11H17N7O2S. The third-order valence-corrected chi connectivity index (χ3v) is 4.01. The van der Waals surface area contributed by atoms with E-state index >= 15 is 0 Å². The number of nitrogens with zero attached hydrogens (tertiary/aromatic N) is 6. The molecule has 0 fully saturated rings. The van der Waals surface area contributed by atoms with E-state index in [9.17, 15) is 10.1 Å². The maximum atomic E-state index is 10.9. The van der Waals surface area contributed by atoms with Crippen LogP contribution in [-0.2, 0) is 19.6 Å². The van der Waals surface area contributed by atoms with Crippen LogP contribution in [0.4, 0.5) is 5.82 Å². The lowest BCUT2D eigenvalue weighted by atomic mass is 10.6. The summed E-state index contributed by atoms with van der Waals surface area (Å²) in [6, 6.07) is 0. The van der Waals surface area contributed by atoms with Gasteiger partial charge >= 0.3 is 5.82 Å². The Kier molecular flexibility index (Phi) is 4.91. The second kappa shape index (κ2) is 6.68. The third-order valence-electron chi connectivity index (χ3n) is 3.06. The fraction of sp³-hybridized carbons (Fsp3) is 0.545. The molecule has 0 saturated heterocycles. The molecule has 0 aromatic carbocycles. The van der Waals surface area contributed by atoms with Gasteiger partial charge in [-0.1, -0.05) is 11.8 Å². The van der Waals surface area contributed by atoms with Crippen molar-refractivity contribution in [1.82, 2.24) is 24.3 Å². The molecule has 0 amide bonds.